The molecule has 0 saturated carbocycles. The fourth-order valence-corrected chi connectivity index (χ4v) is 2.78. The molecule has 1 aliphatic heterocycles. The van der Waals surface area contributed by atoms with Crippen LogP contribution >= 0.6 is 0 Å². The minimum Gasteiger partial charge on any atom is -0.373 e. The van der Waals surface area contributed by atoms with Crippen molar-refractivity contribution >= 4 is 0 Å². The molecule has 0 amide bonds. The molecular formula is C17H26FNO2. The summed E-state index contributed by atoms with van der Waals surface area (Å²) in [4.78, 5) is 0. The van der Waals surface area contributed by atoms with Crippen LogP contribution in [0.1, 0.15) is 32.1 Å². The van der Waals surface area contributed by atoms with E-state index in [4.69, 9.17) is 4.74 Å². The van der Waals surface area contributed by atoms with Crippen LogP contribution in [0.25, 0.3) is 0 Å². The van der Waals surface area contributed by atoms with Crippen molar-refractivity contribution in [3.8, 4) is 0 Å². The zero-order chi connectivity index (χ0) is 14.2. The first kappa shape index (κ1) is 18.1. The summed E-state index contributed by atoms with van der Waals surface area (Å²) in [5.41, 5.74) is 0.689. The third kappa shape index (κ3) is 6.12. The maximum atomic E-state index is 13.7. The molecule has 4 heteroatoms. The lowest BCUT2D eigenvalue weighted by Crippen LogP contribution is -2.27. The molecule has 1 saturated heterocycles. The van der Waals surface area contributed by atoms with Gasteiger partial charge in [0.2, 0.25) is 0 Å². The Morgan fingerprint density at radius 2 is 2.14 bits per heavy atom. The number of piperidine rings is 1. The van der Waals surface area contributed by atoms with E-state index in [-0.39, 0.29) is 17.4 Å². The van der Waals surface area contributed by atoms with Crippen LogP contribution in [0.4, 0.5) is 4.39 Å². The lowest BCUT2D eigenvalue weighted by molar-refractivity contribution is 0.0980. The number of ether oxygens (including phenoxy) is 1. The van der Waals surface area contributed by atoms with Crippen LogP contribution in [0.3, 0.4) is 0 Å². The van der Waals surface area contributed by atoms with E-state index in [1.807, 2.05) is 12.5 Å². The molecule has 1 atom stereocenters. The van der Waals surface area contributed by atoms with Crippen LogP contribution in [-0.4, -0.2) is 31.3 Å². The van der Waals surface area contributed by atoms with Gasteiger partial charge in [-0.2, -0.15) is 0 Å². The number of hydrogen-bond donors (Lipinski definition) is 2. The first-order chi connectivity index (χ1) is 9.79. The molecule has 0 spiro atoms. The van der Waals surface area contributed by atoms with Crippen molar-refractivity contribution in [2.75, 3.05) is 19.7 Å². The van der Waals surface area contributed by atoms with Crippen LogP contribution in [0, 0.1) is 12.3 Å². The van der Waals surface area contributed by atoms with Crippen LogP contribution in [0.2, 0.25) is 0 Å². The van der Waals surface area contributed by atoms with Crippen LogP contribution in [0.5, 0.6) is 0 Å². The lowest BCUT2D eigenvalue weighted by Gasteiger charge is -2.23. The highest BCUT2D eigenvalue weighted by Gasteiger charge is 2.16. The van der Waals surface area contributed by atoms with Crippen molar-refractivity contribution in [3.05, 3.63) is 42.6 Å². The van der Waals surface area contributed by atoms with Crippen LogP contribution in [-0.2, 0) is 4.74 Å². The van der Waals surface area contributed by atoms with Gasteiger partial charge in [0.15, 0.2) is 0 Å². The molecule has 0 aromatic rings. The Hall–Kier alpha value is -0.970. The van der Waals surface area contributed by atoms with Gasteiger partial charge < -0.3 is 10.1 Å². The summed E-state index contributed by atoms with van der Waals surface area (Å²) in [6.07, 6.45) is 12.2. The van der Waals surface area contributed by atoms with E-state index in [9.17, 15) is 4.39 Å². The van der Waals surface area contributed by atoms with Gasteiger partial charge in [-0.15, -0.1) is 6.58 Å². The summed E-state index contributed by atoms with van der Waals surface area (Å²) in [5, 5.41) is 3.38. The molecule has 1 unspecified atom stereocenters. The number of hydrogen-bond acceptors (Lipinski definition) is 2. The minimum atomic E-state index is -0.211. The summed E-state index contributed by atoms with van der Waals surface area (Å²) >= 11 is 0. The van der Waals surface area contributed by atoms with E-state index in [2.05, 4.69) is 11.9 Å². The van der Waals surface area contributed by atoms with E-state index in [1.54, 1.807) is 12.2 Å². The Balaban J connectivity index is 0.00000220. The largest absolute Gasteiger partial charge is 0.373 e. The summed E-state index contributed by atoms with van der Waals surface area (Å²) in [6.45, 7) is 6.63. The molecule has 1 aliphatic carbocycles. The van der Waals surface area contributed by atoms with E-state index >= 15 is 0 Å². The normalized spacial score (nSPS) is 23.0. The smallest absolute Gasteiger partial charge is 0.125 e. The molecule has 2 N–H and O–H groups in total. The molecule has 0 bridgehead atoms. The highest BCUT2D eigenvalue weighted by atomic mass is 19.1. The zero-order valence-corrected chi connectivity index (χ0v) is 12.6. The van der Waals surface area contributed by atoms with Crippen molar-refractivity contribution in [3.63, 3.8) is 0 Å². The second-order valence-electron chi connectivity index (χ2n) is 5.56. The van der Waals surface area contributed by atoms with Crippen LogP contribution < -0.4 is 5.32 Å². The number of halogens is 1. The molecular weight excluding hydrogens is 269 g/mol. The molecule has 0 aromatic carbocycles. The predicted octanol–water partition coefficient (Wildman–Crippen LogP) is 3.55. The summed E-state index contributed by atoms with van der Waals surface area (Å²) in [6, 6.07) is 0. The van der Waals surface area contributed by atoms with Crippen molar-refractivity contribution in [2.24, 2.45) is 5.92 Å². The maximum absolute atomic E-state index is 13.7. The average Bonchev–Trinajstić information content (AvgIpc) is 2.48. The highest BCUT2D eigenvalue weighted by Crippen LogP contribution is 2.24. The maximum Gasteiger partial charge on any atom is 0.125 e. The van der Waals surface area contributed by atoms with Gasteiger partial charge in [0.05, 0.1) is 6.10 Å². The first-order valence-corrected chi connectivity index (χ1v) is 7.64. The minimum absolute atomic E-state index is 0. The predicted molar refractivity (Wildman–Crippen MR) is 82.9 cm³/mol. The molecule has 3 nitrogen and oxygen atoms in total. The third-order valence-corrected chi connectivity index (χ3v) is 3.99. The Morgan fingerprint density at radius 1 is 1.38 bits per heavy atom. The number of allylic oxidation sites excluding steroid dienone is 3. The summed E-state index contributed by atoms with van der Waals surface area (Å²) in [5.74, 6) is 0.664. The van der Waals surface area contributed by atoms with E-state index < -0.39 is 0 Å². The molecule has 1 heterocycles. The topological polar surface area (TPSA) is 51.3 Å². The summed E-state index contributed by atoms with van der Waals surface area (Å²) < 4.78 is 19.4. The zero-order valence-electron chi connectivity index (χ0n) is 12.6. The number of nitrogens with one attached hydrogen (secondary N) is 1. The molecule has 118 valence electrons. The van der Waals surface area contributed by atoms with E-state index in [1.165, 1.54) is 19.3 Å². The van der Waals surface area contributed by atoms with Crippen molar-refractivity contribution < 1.29 is 14.6 Å². The Labute approximate surface area is 127 Å². The second kappa shape index (κ2) is 9.87. The molecule has 2 rings (SSSR count). The van der Waals surface area contributed by atoms with Gasteiger partial charge in [0.25, 0.3) is 0 Å². The van der Waals surface area contributed by atoms with Crippen molar-refractivity contribution in [2.45, 2.75) is 38.2 Å². The van der Waals surface area contributed by atoms with Crippen LogP contribution in [0.15, 0.2) is 36.2 Å². The molecule has 2 aliphatic rings. The van der Waals surface area contributed by atoms with Gasteiger partial charge in [0.1, 0.15) is 5.83 Å². The van der Waals surface area contributed by atoms with E-state index in [0.717, 1.165) is 25.4 Å². The molecule has 2 radical (unpaired) electrons. The lowest BCUT2D eigenvalue weighted by atomic mass is 9.93. The fraction of sp³-hybridized carbons (Fsp3) is 0.588. The average molecular weight is 295 g/mol. The number of rotatable bonds is 7. The second-order valence-corrected chi connectivity index (χ2v) is 5.56. The standard InChI is InChI=1S/C17H25FNO.HO/c1-2-4-15-6-7-16(13-17(15)18)20-12-3-5-14-8-10-19-11-9-14;/h2,6-7,13-14,16,19H,1,3-5,8-12H2;1H. The Kier molecular flexibility index (Phi) is 8.50. The SMILES string of the molecule is C=CCC1=C[CH]C(OCCCC2CCNCC2)C=C1F.[OH]. The first-order valence-electron chi connectivity index (χ1n) is 7.64. The highest BCUT2D eigenvalue weighted by molar-refractivity contribution is 5.36. The molecule has 1 fully saturated rings. The third-order valence-electron chi connectivity index (χ3n) is 3.99. The fourth-order valence-electron chi connectivity index (χ4n) is 2.78. The van der Waals surface area contributed by atoms with Crippen molar-refractivity contribution in [1.82, 2.24) is 5.32 Å². The van der Waals surface area contributed by atoms with Gasteiger partial charge >= 0.3 is 0 Å². The van der Waals surface area contributed by atoms with Crippen molar-refractivity contribution in [1.29, 1.82) is 0 Å². The summed E-state index contributed by atoms with van der Waals surface area (Å²) in [7, 11) is 0. The Bertz CT molecular complexity index is 373. The monoisotopic (exact) mass is 295 g/mol. The van der Waals surface area contributed by atoms with Gasteiger partial charge in [-0.3, -0.25) is 5.48 Å². The van der Waals surface area contributed by atoms with Gasteiger partial charge in [-0.1, -0.05) is 12.2 Å². The molecule has 21 heavy (non-hydrogen) atoms. The van der Waals surface area contributed by atoms with Gasteiger partial charge in [0, 0.05) is 13.0 Å². The molecule has 0 aromatic heterocycles. The Morgan fingerprint density at radius 3 is 2.81 bits per heavy atom. The van der Waals surface area contributed by atoms with E-state index in [0.29, 0.717) is 18.6 Å². The quantitative estimate of drug-likeness (QED) is 0.557. The van der Waals surface area contributed by atoms with Gasteiger partial charge in [-0.25, -0.2) is 4.39 Å². The van der Waals surface area contributed by atoms with Gasteiger partial charge in [-0.05, 0) is 62.8 Å².